The number of anilines is 1. The van der Waals surface area contributed by atoms with Gasteiger partial charge in [-0.05, 0) is 25.0 Å². The zero-order chi connectivity index (χ0) is 19.3. The van der Waals surface area contributed by atoms with E-state index in [0.717, 1.165) is 12.1 Å². The number of sulfone groups is 1. The number of fused-ring (bicyclic) bond motifs is 2. The normalized spacial score (nSPS) is 31.9. The molecule has 3 atom stereocenters. The van der Waals surface area contributed by atoms with E-state index in [1.165, 1.54) is 11.8 Å². The van der Waals surface area contributed by atoms with E-state index in [-0.39, 0.29) is 28.7 Å². The highest BCUT2D eigenvalue weighted by Crippen LogP contribution is 2.43. The van der Waals surface area contributed by atoms with E-state index in [1.807, 2.05) is 23.1 Å². The Balaban J connectivity index is 1.51. The summed E-state index contributed by atoms with van der Waals surface area (Å²) in [5, 5.41) is 0.385. The summed E-state index contributed by atoms with van der Waals surface area (Å²) >= 11 is 1.36. The Morgan fingerprint density at radius 2 is 1.96 bits per heavy atom. The number of rotatable bonds is 2. The van der Waals surface area contributed by atoms with Crippen LogP contribution in [0.2, 0.25) is 0 Å². The molecule has 5 rings (SSSR count). The standard InChI is InChI=1S/C18H20N2O6S2/c21-17(14-2-1-5-24-14)19-18-20(12-9-28(22,23)10-16(12)27-18)11-3-4-13-15(8-11)26-7-6-25-13/h3-4,8,12,14,16H,1-2,5-7,9-10H2/t12-,14-,16-/m1/s1. The van der Waals surface area contributed by atoms with Crippen molar-refractivity contribution >= 4 is 38.4 Å². The number of aliphatic imine (C=N–C) groups is 1. The summed E-state index contributed by atoms with van der Waals surface area (Å²) < 4.78 is 41.1. The highest BCUT2D eigenvalue weighted by atomic mass is 32.2. The SMILES string of the molecule is O=C(N=C1S[C@@H]2CS(=O)(=O)C[C@H]2N1c1ccc2c(c1)OCCO2)[C@H]1CCCO1. The van der Waals surface area contributed by atoms with Gasteiger partial charge in [-0.25, -0.2) is 8.42 Å². The molecule has 1 amide bonds. The Hall–Kier alpha value is -1.78. The number of benzene rings is 1. The fraction of sp³-hybridized carbons (Fsp3) is 0.556. The summed E-state index contributed by atoms with van der Waals surface area (Å²) in [5.41, 5.74) is 0.750. The lowest BCUT2D eigenvalue weighted by Gasteiger charge is -2.26. The third-order valence-electron chi connectivity index (χ3n) is 5.28. The van der Waals surface area contributed by atoms with E-state index in [9.17, 15) is 13.2 Å². The van der Waals surface area contributed by atoms with Crippen molar-refractivity contribution in [3.63, 3.8) is 0 Å². The second-order valence-corrected chi connectivity index (χ2v) is 10.6. The molecule has 28 heavy (non-hydrogen) atoms. The number of nitrogens with zero attached hydrogens (tertiary/aromatic N) is 2. The minimum Gasteiger partial charge on any atom is -0.486 e. The van der Waals surface area contributed by atoms with Gasteiger partial charge in [-0.2, -0.15) is 4.99 Å². The zero-order valence-corrected chi connectivity index (χ0v) is 16.7. The van der Waals surface area contributed by atoms with Crippen molar-refractivity contribution in [2.45, 2.75) is 30.2 Å². The number of hydrogen-bond acceptors (Lipinski definition) is 7. The second kappa shape index (κ2) is 6.93. The van der Waals surface area contributed by atoms with Gasteiger partial charge >= 0.3 is 0 Å². The largest absolute Gasteiger partial charge is 0.486 e. The fourth-order valence-corrected chi connectivity index (χ4v) is 7.91. The Bertz CT molecular complexity index is 941. The van der Waals surface area contributed by atoms with Gasteiger partial charge < -0.3 is 19.1 Å². The molecular formula is C18H20N2O6S2. The molecule has 0 radical (unpaired) electrons. The first-order chi connectivity index (χ1) is 13.5. The van der Waals surface area contributed by atoms with Gasteiger partial charge in [0, 0.05) is 23.6 Å². The molecule has 150 valence electrons. The van der Waals surface area contributed by atoms with Crippen molar-refractivity contribution < 1.29 is 27.4 Å². The number of carbonyl (C=O) groups excluding carboxylic acids is 1. The summed E-state index contributed by atoms with van der Waals surface area (Å²) in [5.74, 6) is 1.11. The Kier molecular flexibility index (Phi) is 4.52. The van der Waals surface area contributed by atoms with E-state index >= 15 is 0 Å². The van der Waals surface area contributed by atoms with Crippen LogP contribution in [0.5, 0.6) is 11.5 Å². The molecule has 1 aromatic rings. The molecule has 0 N–H and O–H groups in total. The molecule has 4 aliphatic rings. The van der Waals surface area contributed by atoms with E-state index in [2.05, 4.69) is 4.99 Å². The molecule has 0 spiro atoms. The first kappa shape index (κ1) is 18.3. The van der Waals surface area contributed by atoms with Crippen LogP contribution in [0.15, 0.2) is 23.2 Å². The summed E-state index contributed by atoms with van der Waals surface area (Å²) in [7, 11) is -3.11. The van der Waals surface area contributed by atoms with Gasteiger partial charge in [0.15, 0.2) is 26.5 Å². The third-order valence-corrected chi connectivity index (χ3v) is 8.49. The molecule has 10 heteroatoms. The molecule has 0 saturated carbocycles. The number of ether oxygens (including phenoxy) is 3. The van der Waals surface area contributed by atoms with Gasteiger partial charge in [0.1, 0.15) is 19.3 Å². The minimum absolute atomic E-state index is 0.0479. The maximum absolute atomic E-state index is 12.5. The van der Waals surface area contributed by atoms with Crippen molar-refractivity contribution in [1.29, 1.82) is 0 Å². The summed E-state index contributed by atoms with van der Waals surface area (Å²) in [4.78, 5) is 18.7. The monoisotopic (exact) mass is 424 g/mol. The first-order valence-corrected chi connectivity index (χ1v) is 12.0. The Labute approximate surface area is 167 Å². The highest BCUT2D eigenvalue weighted by molar-refractivity contribution is 8.16. The van der Waals surface area contributed by atoms with Gasteiger partial charge in [-0.15, -0.1) is 0 Å². The minimum atomic E-state index is -3.11. The second-order valence-electron chi connectivity index (χ2n) is 7.23. The molecule has 0 aromatic heterocycles. The molecule has 8 nitrogen and oxygen atoms in total. The maximum Gasteiger partial charge on any atom is 0.277 e. The zero-order valence-electron chi connectivity index (χ0n) is 15.1. The fourth-order valence-electron chi connectivity index (χ4n) is 3.99. The van der Waals surface area contributed by atoms with Crippen LogP contribution in [0.25, 0.3) is 0 Å². The smallest absolute Gasteiger partial charge is 0.277 e. The van der Waals surface area contributed by atoms with E-state index in [4.69, 9.17) is 14.2 Å². The van der Waals surface area contributed by atoms with E-state index in [0.29, 0.717) is 42.9 Å². The summed E-state index contributed by atoms with van der Waals surface area (Å²) in [6.45, 7) is 1.53. The van der Waals surface area contributed by atoms with Crippen molar-refractivity contribution in [3.8, 4) is 11.5 Å². The highest BCUT2D eigenvalue weighted by Gasteiger charge is 2.49. The van der Waals surface area contributed by atoms with Crippen LogP contribution in [0.4, 0.5) is 5.69 Å². The molecule has 4 heterocycles. The maximum atomic E-state index is 12.5. The molecule has 3 saturated heterocycles. The van der Waals surface area contributed by atoms with Crippen LogP contribution in [0.1, 0.15) is 12.8 Å². The van der Waals surface area contributed by atoms with Gasteiger partial charge in [0.25, 0.3) is 5.91 Å². The molecule has 3 fully saturated rings. The van der Waals surface area contributed by atoms with Gasteiger partial charge in [-0.1, -0.05) is 11.8 Å². The van der Waals surface area contributed by atoms with Gasteiger partial charge in [0.2, 0.25) is 0 Å². The molecular weight excluding hydrogens is 404 g/mol. The predicted octanol–water partition coefficient (Wildman–Crippen LogP) is 1.24. The molecule has 0 aliphatic carbocycles. The van der Waals surface area contributed by atoms with Crippen LogP contribution < -0.4 is 14.4 Å². The lowest BCUT2D eigenvalue weighted by atomic mass is 10.2. The Morgan fingerprint density at radius 3 is 2.75 bits per heavy atom. The average molecular weight is 425 g/mol. The van der Waals surface area contributed by atoms with Gasteiger partial charge in [-0.3, -0.25) is 4.79 Å². The third kappa shape index (κ3) is 3.27. The number of amidine groups is 1. The first-order valence-electron chi connectivity index (χ1n) is 9.30. The lowest BCUT2D eigenvalue weighted by molar-refractivity contribution is -0.126. The topological polar surface area (TPSA) is 94.5 Å². The quantitative estimate of drug-likeness (QED) is 0.700. The van der Waals surface area contributed by atoms with Crippen molar-refractivity contribution in [2.24, 2.45) is 4.99 Å². The van der Waals surface area contributed by atoms with E-state index < -0.39 is 15.9 Å². The summed E-state index contributed by atoms with van der Waals surface area (Å²) in [6, 6.07) is 5.24. The van der Waals surface area contributed by atoms with Crippen LogP contribution >= 0.6 is 11.8 Å². The Morgan fingerprint density at radius 1 is 1.14 bits per heavy atom. The molecule has 4 aliphatic heterocycles. The molecule has 1 aromatic carbocycles. The van der Waals surface area contributed by atoms with Crippen LogP contribution in [-0.4, -0.2) is 68.2 Å². The number of hydrogen-bond donors (Lipinski definition) is 0. The molecule has 0 bridgehead atoms. The van der Waals surface area contributed by atoms with E-state index in [1.54, 1.807) is 0 Å². The van der Waals surface area contributed by atoms with Crippen LogP contribution in [0, 0.1) is 0 Å². The van der Waals surface area contributed by atoms with Crippen molar-refractivity contribution in [1.82, 2.24) is 0 Å². The molecule has 0 unspecified atom stereocenters. The number of carbonyl (C=O) groups is 1. The van der Waals surface area contributed by atoms with Crippen LogP contribution in [0.3, 0.4) is 0 Å². The average Bonchev–Trinajstić information content (AvgIpc) is 3.36. The van der Waals surface area contributed by atoms with Crippen molar-refractivity contribution in [2.75, 3.05) is 36.2 Å². The lowest BCUT2D eigenvalue weighted by Crippen LogP contribution is -2.38. The number of amides is 1. The van der Waals surface area contributed by atoms with Crippen molar-refractivity contribution in [3.05, 3.63) is 18.2 Å². The van der Waals surface area contributed by atoms with Gasteiger partial charge in [0.05, 0.1) is 17.5 Å². The predicted molar refractivity (Wildman–Crippen MR) is 105 cm³/mol. The number of thioether (sulfide) groups is 1. The summed E-state index contributed by atoms with van der Waals surface area (Å²) in [6.07, 6.45) is 1.02. The van der Waals surface area contributed by atoms with Crippen LogP contribution in [-0.2, 0) is 19.4 Å².